The van der Waals surface area contributed by atoms with E-state index < -0.39 is 78.2 Å². The fourth-order valence-corrected chi connectivity index (χ4v) is 5.11. The third kappa shape index (κ3) is 15.0. The van der Waals surface area contributed by atoms with E-state index in [0.29, 0.717) is 0 Å². The number of rotatable bonds is 21. The molecule has 268 valence electrons. The lowest BCUT2D eigenvalue weighted by atomic mass is 9.89. The molecule has 1 rings (SSSR count). The summed E-state index contributed by atoms with van der Waals surface area (Å²) < 4.78 is 0. The zero-order valence-electron chi connectivity index (χ0n) is 28.8. The summed E-state index contributed by atoms with van der Waals surface area (Å²) >= 11 is 0. The predicted molar refractivity (Wildman–Crippen MR) is 181 cm³/mol. The van der Waals surface area contributed by atoms with E-state index in [4.69, 9.17) is 10.8 Å². The monoisotopic (exact) mass is 674 g/mol. The lowest BCUT2D eigenvalue weighted by Crippen LogP contribution is -2.58. The number of carbonyl (C=O) groups excluding carboxylic acids is 5. The first kappa shape index (κ1) is 41.6. The summed E-state index contributed by atoms with van der Waals surface area (Å²) in [5, 5.41) is 33.3. The SMILES string of the molecule is C=CC[C@H](C[C@H](O)[C@H](CC(C)C)NC(=O)[C@H](CC(N)=O)NC(=O)[C@@H](NC(=O)O)C(C)C)C(=O)N[C@H](C(=O)NCc1ccccc1)C(C)C. The molecule has 0 fully saturated rings. The average molecular weight is 675 g/mol. The number of carboxylic acid groups (broad SMARTS) is 1. The van der Waals surface area contributed by atoms with Crippen LogP contribution in [0.3, 0.4) is 0 Å². The molecule has 1 aromatic rings. The molecule has 6 amide bonds. The minimum atomic E-state index is -1.46. The summed E-state index contributed by atoms with van der Waals surface area (Å²) in [6, 6.07) is 4.92. The van der Waals surface area contributed by atoms with Crippen LogP contribution >= 0.6 is 0 Å². The van der Waals surface area contributed by atoms with Crippen LogP contribution in [0.1, 0.15) is 72.8 Å². The maximum absolute atomic E-state index is 13.5. The van der Waals surface area contributed by atoms with Gasteiger partial charge in [-0.05, 0) is 42.6 Å². The molecule has 9 N–H and O–H groups in total. The number of aliphatic hydroxyl groups is 1. The van der Waals surface area contributed by atoms with Crippen LogP contribution in [0.2, 0.25) is 0 Å². The van der Waals surface area contributed by atoms with Gasteiger partial charge in [0.25, 0.3) is 0 Å². The number of allylic oxidation sites excluding steroid dienone is 1. The van der Waals surface area contributed by atoms with E-state index >= 15 is 0 Å². The molecule has 0 aliphatic carbocycles. The van der Waals surface area contributed by atoms with Gasteiger partial charge in [0.1, 0.15) is 18.1 Å². The van der Waals surface area contributed by atoms with Gasteiger partial charge < -0.3 is 42.5 Å². The lowest BCUT2D eigenvalue weighted by molar-refractivity contribution is -0.134. The Morgan fingerprint density at radius 2 is 1.38 bits per heavy atom. The van der Waals surface area contributed by atoms with Gasteiger partial charge in [-0.3, -0.25) is 24.0 Å². The van der Waals surface area contributed by atoms with Crippen LogP contribution in [0, 0.1) is 23.7 Å². The van der Waals surface area contributed by atoms with Crippen molar-refractivity contribution in [1.82, 2.24) is 26.6 Å². The topological polar surface area (TPSA) is 229 Å². The van der Waals surface area contributed by atoms with E-state index in [0.717, 1.165) is 5.56 Å². The Balaban J connectivity index is 3.12. The Hall–Kier alpha value is -4.46. The van der Waals surface area contributed by atoms with Crippen LogP contribution < -0.4 is 32.3 Å². The number of primary amides is 1. The highest BCUT2D eigenvalue weighted by molar-refractivity contribution is 5.94. The maximum atomic E-state index is 13.5. The molecule has 0 aliphatic heterocycles. The Morgan fingerprint density at radius 3 is 1.88 bits per heavy atom. The first-order chi connectivity index (χ1) is 22.5. The summed E-state index contributed by atoms with van der Waals surface area (Å²) in [7, 11) is 0. The van der Waals surface area contributed by atoms with Gasteiger partial charge in [0.2, 0.25) is 29.5 Å². The zero-order chi connectivity index (χ0) is 36.6. The van der Waals surface area contributed by atoms with Crippen LogP contribution in [-0.2, 0) is 30.5 Å². The second kappa shape index (κ2) is 20.7. The molecule has 0 unspecified atom stereocenters. The highest BCUT2D eigenvalue weighted by Crippen LogP contribution is 2.20. The predicted octanol–water partition coefficient (Wildman–Crippen LogP) is 1.57. The van der Waals surface area contributed by atoms with E-state index in [1.165, 1.54) is 6.08 Å². The lowest BCUT2D eigenvalue weighted by Gasteiger charge is -2.31. The van der Waals surface area contributed by atoms with Gasteiger partial charge in [0.15, 0.2) is 0 Å². The Kier molecular flexibility index (Phi) is 17.9. The quantitative estimate of drug-likeness (QED) is 0.0891. The van der Waals surface area contributed by atoms with Gasteiger partial charge in [0.05, 0.1) is 18.6 Å². The number of carbonyl (C=O) groups is 6. The Morgan fingerprint density at radius 1 is 0.792 bits per heavy atom. The third-order valence-electron chi connectivity index (χ3n) is 7.69. The van der Waals surface area contributed by atoms with Crippen molar-refractivity contribution in [1.29, 1.82) is 0 Å². The maximum Gasteiger partial charge on any atom is 0.405 e. The molecule has 0 saturated heterocycles. The highest BCUT2D eigenvalue weighted by Gasteiger charge is 2.34. The number of aliphatic hydroxyl groups excluding tert-OH is 1. The summed E-state index contributed by atoms with van der Waals surface area (Å²) in [6.45, 7) is 14.6. The van der Waals surface area contributed by atoms with E-state index in [1.807, 2.05) is 44.2 Å². The summed E-state index contributed by atoms with van der Waals surface area (Å²) in [4.78, 5) is 75.9. The van der Waals surface area contributed by atoms with Gasteiger partial charge in [-0.2, -0.15) is 0 Å². The molecule has 0 heterocycles. The standard InChI is InChI=1S/C34H54N6O8/c1-8-12-23(30(43)39-28(20(4)5)32(45)36-18-22-13-10-9-11-14-22)16-26(41)24(15-19(2)3)37-31(44)25(17-27(35)42)38-33(46)29(21(6)7)40-34(47)48/h8-11,13-14,19-21,23-26,28-29,40-41H,1,12,15-18H2,2-7H3,(H2,35,42)(H,36,45)(H,37,44)(H,38,46)(H,39,43)(H,47,48)/t23-,24+,25+,26+,28+,29+/m1/s1. The number of nitrogens with two attached hydrogens (primary N) is 1. The van der Waals surface area contributed by atoms with Crippen molar-refractivity contribution < 1.29 is 39.0 Å². The van der Waals surface area contributed by atoms with Crippen LogP contribution in [0.15, 0.2) is 43.0 Å². The Bertz CT molecular complexity index is 1240. The van der Waals surface area contributed by atoms with Gasteiger partial charge in [-0.25, -0.2) is 4.79 Å². The second-order valence-corrected chi connectivity index (χ2v) is 13.1. The number of amides is 6. The molecule has 0 saturated carbocycles. The van der Waals surface area contributed by atoms with Gasteiger partial charge in [0, 0.05) is 12.5 Å². The summed E-state index contributed by atoms with van der Waals surface area (Å²) in [5.41, 5.74) is 6.25. The molecule has 14 heteroatoms. The van der Waals surface area contributed by atoms with Crippen molar-refractivity contribution in [3.8, 4) is 0 Å². The molecule has 0 radical (unpaired) electrons. The van der Waals surface area contributed by atoms with Crippen LogP contribution in [0.5, 0.6) is 0 Å². The van der Waals surface area contributed by atoms with Crippen molar-refractivity contribution in [2.24, 2.45) is 29.4 Å². The van der Waals surface area contributed by atoms with Crippen LogP contribution in [0.4, 0.5) is 4.79 Å². The summed E-state index contributed by atoms with van der Waals surface area (Å²) in [6.07, 6.45) is -1.39. The number of hydrogen-bond acceptors (Lipinski definition) is 7. The first-order valence-electron chi connectivity index (χ1n) is 16.3. The smallest absolute Gasteiger partial charge is 0.405 e. The Labute approximate surface area is 283 Å². The number of nitrogens with one attached hydrogen (secondary N) is 5. The van der Waals surface area contributed by atoms with Crippen molar-refractivity contribution in [2.75, 3.05) is 0 Å². The van der Waals surface area contributed by atoms with Crippen LogP contribution in [-0.4, -0.2) is 76.1 Å². The highest BCUT2D eigenvalue weighted by atomic mass is 16.4. The van der Waals surface area contributed by atoms with E-state index in [1.54, 1.807) is 27.7 Å². The average Bonchev–Trinajstić information content (AvgIpc) is 2.99. The molecule has 48 heavy (non-hydrogen) atoms. The second-order valence-electron chi connectivity index (χ2n) is 13.1. The van der Waals surface area contributed by atoms with Crippen molar-refractivity contribution in [3.05, 3.63) is 48.6 Å². The fourth-order valence-electron chi connectivity index (χ4n) is 5.11. The van der Waals surface area contributed by atoms with Gasteiger partial charge in [-0.15, -0.1) is 6.58 Å². The largest absolute Gasteiger partial charge is 0.465 e. The van der Waals surface area contributed by atoms with Crippen molar-refractivity contribution in [2.45, 2.75) is 104 Å². The molecular formula is C34H54N6O8. The molecule has 6 atom stereocenters. The minimum absolute atomic E-state index is 0.0236. The van der Waals surface area contributed by atoms with Crippen molar-refractivity contribution in [3.63, 3.8) is 0 Å². The van der Waals surface area contributed by atoms with E-state index in [2.05, 4.69) is 33.2 Å². The minimum Gasteiger partial charge on any atom is -0.465 e. The molecule has 14 nitrogen and oxygen atoms in total. The molecule has 1 aromatic carbocycles. The normalized spacial score (nSPS) is 15.0. The van der Waals surface area contributed by atoms with Gasteiger partial charge in [-0.1, -0.05) is 78.0 Å². The van der Waals surface area contributed by atoms with Gasteiger partial charge >= 0.3 is 6.09 Å². The number of hydrogen-bond donors (Lipinski definition) is 8. The third-order valence-corrected chi connectivity index (χ3v) is 7.69. The van der Waals surface area contributed by atoms with Crippen LogP contribution in [0.25, 0.3) is 0 Å². The molecular weight excluding hydrogens is 620 g/mol. The molecule has 0 aliphatic rings. The van der Waals surface area contributed by atoms with E-state index in [9.17, 15) is 33.9 Å². The fraction of sp³-hybridized carbons (Fsp3) is 0.588. The molecule has 0 spiro atoms. The molecule has 0 bridgehead atoms. The summed E-state index contributed by atoms with van der Waals surface area (Å²) in [5.74, 6) is -4.91. The van der Waals surface area contributed by atoms with Crippen molar-refractivity contribution >= 4 is 35.6 Å². The first-order valence-corrected chi connectivity index (χ1v) is 16.3. The number of benzene rings is 1. The zero-order valence-corrected chi connectivity index (χ0v) is 28.8. The van der Waals surface area contributed by atoms with E-state index in [-0.39, 0.29) is 43.6 Å². The molecule has 0 aromatic heterocycles.